The van der Waals surface area contributed by atoms with Gasteiger partial charge in [-0.05, 0) is 60.9 Å². The number of benzene rings is 3. The second-order valence-electron chi connectivity index (χ2n) is 9.70. The summed E-state index contributed by atoms with van der Waals surface area (Å²) in [4.78, 5) is 46.1. The van der Waals surface area contributed by atoms with E-state index in [2.05, 4.69) is 33.0 Å². The quantitative estimate of drug-likeness (QED) is 0.375. The average molecular weight is 576 g/mol. The molecule has 0 N–H and O–H groups in total. The number of amides is 3. The predicted molar refractivity (Wildman–Crippen MR) is 149 cm³/mol. The minimum absolute atomic E-state index is 0.0329. The zero-order valence-electron chi connectivity index (χ0n) is 21.3. The highest BCUT2D eigenvalue weighted by Crippen LogP contribution is 2.32. The zero-order chi connectivity index (χ0) is 26.6. The number of imide groups is 1. The molecule has 0 spiro atoms. The fourth-order valence-corrected chi connectivity index (χ4v) is 5.62. The van der Waals surface area contributed by atoms with E-state index in [0.29, 0.717) is 17.0 Å². The topological polar surface area (TPSA) is 70.2 Å². The molecule has 0 saturated carbocycles. The highest BCUT2D eigenvalue weighted by Gasteiger charge is 2.47. The highest BCUT2D eigenvalue weighted by molar-refractivity contribution is 9.10. The minimum Gasteiger partial charge on any atom is -0.497 e. The highest BCUT2D eigenvalue weighted by atomic mass is 79.9. The number of nitrogens with zero attached hydrogens (tertiary/aromatic N) is 3. The molecule has 0 bridgehead atoms. The summed E-state index contributed by atoms with van der Waals surface area (Å²) in [6.07, 6.45) is 1.41. The zero-order valence-corrected chi connectivity index (χ0v) is 22.8. The van der Waals surface area contributed by atoms with Crippen molar-refractivity contribution in [3.8, 4) is 5.75 Å². The van der Waals surface area contributed by atoms with Crippen LogP contribution in [0.3, 0.4) is 0 Å². The van der Waals surface area contributed by atoms with E-state index in [1.54, 1.807) is 60.5 Å². The molecule has 0 aromatic heterocycles. The molecule has 38 heavy (non-hydrogen) atoms. The largest absolute Gasteiger partial charge is 0.497 e. The molecule has 8 heteroatoms. The van der Waals surface area contributed by atoms with Crippen molar-refractivity contribution in [2.45, 2.75) is 37.9 Å². The van der Waals surface area contributed by atoms with Gasteiger partial charge >= 0.3 is 0 Å². The van der Waals surface area contributed by atoms with Crippen molar-refractivity contribution in [2.75, 3.05) is 25.1 Å². The van der Waals surface area contributed by atoms with Crippen LogP contribution in [0.4, 0.5) is 5.69 Å². The van der Waals surface area contributed by atoms with Gasteiger partial charge < -0.3 is 9.64 Å². The molecule has 3 amide bonds. The number of piperidine rings is 1. The molecular formula is C30H30BrN3O4. The molecule has 5 rings (SSSR count). The maximum atomic E-state index is 14.0. The lowest BCUT2D eigenvalue weighted by molar-refractivity contribution is -0.123. The number of hydrogen-bond acceptors (Lipinski definition) is 5. The van der Waals surface area contributed by atoms with Crippen LogP contribution in [0.5, 0.6) is 5.75 Å². The molecule has 3 aromatic carbocycles. The van der Waals surface area contributed by atoms with Crippen molar-refractivity contribution < 1.29 is 19.1 Å². The number of methoxy groups -OCH3 is 1. The minimum atomic E-state index is -0.851. The summed E-state index contributed by atoms with van der Waals surface area (Å²) in [5.41, 5.74) is 2.20. The summed E-state index contributed by atoms with van der Waals surface area (Å²) >= 11 is 3.40. The van der Waals surface area contributed by atoms with Gasteiger partial charge in [-0.25, -0.2) is 4.90 Å². The lowest BCUT2D eigenvalue weighted by Gasteiger charge is -2.40. The van der Waals surface area contributed by atoms with Crippen LogP contribution in [0.2, 0.25) is 0 Å². The molecule has 2 aliphatic rings. The third-order valence-corrected chi connectivity index (χ3v) is 7.82. The van der Waals surface area contributed by atoms with Crippen molar-refractivity contribution >= 4 is 39.3 Å². The molecule has 196 valence electrons. The Hall–Kier alpha value is -3.49. The van der Waals surface area contributed by atoms with E-state index < -0.39 is 6.04 Å². The fraction of sp³-hybridized carbons (Fsp3) is 0.300. The van der Waals surface area contributed by atoms with Crippen LogP contribution in [0.1, 0.15) is 35.2 Å². The van der Waals surface area contributed by atoms with Crippen LogP contribution in [0.15, 0.2) is 83.3 Å². The summed E-state index contributed by atoms with van der Waals surface area (Å²) in [7, 11) is 1.55. The van der Waals surface area contributed by atoms with Crippen molar-refractivity contribution in [3.05, 3.63) is 94.5 Å². The molecule has 0 radical (unpaired) electrons. The van der Waals surface area contributed by atoms with Gasteiger partial charge in [-0.2, -0.15) is 0 Å². The fourth-order valence-electron chi connectivity index (χ4n) is 5.36. The van der Waals surface area contributed by atoms with Crippen molar-refractivity contribution in [1.82, 2.24) is 9.80 Å². The van der Waals surface area contributed by atoms with Crippen LogP contribution in [0, 0.1) is 0 Å². The van der Waals surface area contributed by atoms with Crippen LogP contribution < -0.4 is 9.64 Å². The molecule has 2 fully saturated rings. The van der Waals surface area contributed by atoms with E-state index in [0.717, 1.165) is 36.9 Å². The van der Waals surface area contributed by atoms with Gasteiger partial charge in [0, 0.05) is 35.7 Å². The molecule has 1 atom stereocenters. The van der Waals surface area contributed by atoms with Crippen molar-refractivity contribution in [2.24, 2.45) is 0 Å². The standard InChI is InChI=1S/C30H30BrN3O4/c1-38-26-9-5-8-22(18-26)29(36)33(25-14-16-32(17-15-25)20-21-6-3-2-4-7-21)27-19-28(35)34(30(27)37)24-12-10-23(31)11-13-24/h2-13,18,25,27H,14-17,19-20H2,1H3. The van der Waals surface area contributed by atoms with E-state index in [4.69, 9.17) is 4.74 Å². The number of rotatable bonds is 7. The Balaban J connectivity index is 1.40. The Labute approximate surface area is 231 Å². The van der Waals surface area contributed by atoms with Crippen molar-refractivity contribution in [3.63, 3.8) is 0 Å². The van der Waals surface area contributed by atoms with E-state index in [9.17, 15) is 14.4 Å². The van der Waals surface area contributed by atoms with E-state index in [-0.39, 0.29) is 30.2 Å². The third kappa shape index (κ3) is 5.51. The molecule has 2 heterocycles. The Morgan fingerprint density at radius 2 is 1.68 bits per heavy atom. The SMILES string of the molecule is COc1cccc(C(=O)N(C2CCN(Cc3ccccc3)CC2)C2CC(=O)N(c3ccc(Br)cc3)C2=O)c1. The molecule has 3 aromatic rings. The van der Waals surface area contributed by atoms with Gasteiger partial charge in [0.2, 0.25) is 5.91 Å². The smallest absolute Gasteiger partial charge is 0.257 e. The van der Waals surface area contributed by atoms with Crippen LogP contribution in [-0.2, 0) is 16.1 Å². The molecule has 7 nitrogen and oxygen atoms in total. The number of hydrogen-bond donors (Lipinski definition) is 0. The molecule has 2 saturated heterocycles. The first-order valence-corrected chi connectivity index (χ1v) is 13.6. The van der Waals surface area contributed by atoms with Gasteiger partial charge in [-0.3, -0.25) is 19.3 Å². The first-order valence-electron chi connectivity index (χ1n) is 12.8. The van der Waals surface area contributed by atoms with E-state index in [1.807, 2.05) is 18.2 Å². The lowest BCUT2D eigenvalue weighted by atomic mass is 9.98. The molecule has 2 aliphatic heterocycles. The van der Waals surface area contributed by atoms with E-state index in [1.165, 1.54) is 10.5 Å². The Bertz CT molecular complexity index is 1310. The predicted octanol–water partition coefficient (Wildman–Crippen LogP) is 4.90. The number of carbonyl (C=O) groups excluding carboxylic acids is 3. The first-order chi connectivity index (χ1) is 18.4. The third-order valence-electron chi connectivity index (χ3n) is 7.29. The number of halogens is 1. The second-order valence-corrected chi connectivity index (χ2v) is 10.6. The second kappa shape index (κ2) is 11.5. The monoisotopic (exact) mass is 575 g/mol. The summed E-state index contributed by atoms with van der Waals surface area (Å²) in [5.74, 6) is -0.347. The van der Waals surface area contributed by atoms with Crippen molar-refractivity contribution in [1.29, 1.82) is 0 Å². The van der Waals surface area contributed by atoms with Crippen LogP contribution >= 0.6 is 15.9 Å². The summed E-state index contributed by atoms with van der Waals surface area (Å²) in [6, 6.07) is 23.3. The van der Waals surface area contributed by atoms with E-state index >= 15 is 0 Å². The summed E-state index contributed by atoms with van der Waals surface area (Å²) < 4.78 is 6.19. The summed E-state index contributed by atoms with van der Waals surface area (Å²) in [6.45, 7) is 2.44. The molecular weight excluding hydrogens is 546 g/mol. The maximum absolute atomic E-state index is 14.0. The number of ether oxygens (including phenoxy) is 1. The van der Waals surface area contributed by atoms with Gasteiger partial charge in [-0.15, -0.1) is 0 Å². The number of carbonyl (C=O) groups is 3. The lowest BCUT2D eigenvalue weighted by Crippen LogP contribution is -2.54. The Morgan fingerprint density at radius 1 is 0.974 bits per heavy atom. The molecule has 0 aliphatic carbocycles. The van der Waals surface area contributed by atoms with Gasteiger partial charge in [0.15, 0.2) is 0 Å². The molecule has 1 unspecified atom stereocenters. The Morgan fingerprint density at radius 3 is 2.37 bits per heavy atom. The van der Waals surface area contributed by atoms with Gasteiger partial charge in [-0.1, -0.05) is 52.3 Å². The average Bonchev–Trinajstić information content (AvgIpc) is 3.24. The Kier molecular flexibility index (Phi) is 7.90. The number of likely N-dealkylation sites (tertiary alicyclic amines) is 1. The van der Waals surface area contributed by atoms with Crippen LogP contribution in [-0.4, -0.2) is 59.8 Å². The number of anilines is 1. The van der Waals surface area contributed by atoms with Gasteiger partial charge in [0.25, 0.3) is 11.8 Å². The van der Waals surface area contributed by atoms with Gasteiger partial charge in [0.05, 0.1) is 19.2 Å². The summed E-state index contributed by atoms with van der Waals surface area (Å²) in [5, 5.41) is 0. The normalized spacial score (nSPS) is 18.6. The first kappa shape index (κ1) is 26.1. The maximum Gasteiger partial charge on any atom is 0.257 e. The van der Waals surface area contributed by atoms with Crippen LogP contribution in [0.25, 0.3) is 0 Å². The van der Waals surface area contributed by atoms with Gasteiger partial charge in [0.1, 0.15) is 11.8 Å².